The Bertz CT molecular complexity index is 522. The zero-order chi connectivity index (χ0) is 10.1. The minimum atomic E-state index is -0.412. The maximum Gasteiger partial charge on any atom is 0.284 e. The predicted octanol–water partition coefficient (Wildman–Crippen LogP) is 3.30. The van der Waals surface area contributed by atoms with E-state index in [9.17, 15) is 4.39 Å². The van der Waals surface area contributed by atoms with Crippen LogP contribution in [0.3, 0.4) is 0 Å². The SMILES string of the molecule is Fc1cc(Br)ccc1-c1n[nH]c(=S)o1. The molecule has 0 unspecified atom stereocenters. The zero-order valence-electron chi connectivity index (χ0n) is 6.75. The lowest BCUT2D eigenvalue weighted by Crippen LogP contribution is -1.84. The lowest BCUT2D eigenvalue weighted by atomic mass is 10.2. The first-order valence-electron chi connectivity index (χ1n) is 3.68. The van der Waals surface area contributed by atoms with Gasteiger partial charge in [0, 0.05) is 4.47 Å². The first-order chi connectivity index (χ1) is 6.66. The fourth-order valence-electron chi connectivity index (χ4n) is 1.01. The van der Waals surface area contributed by atoms with E-state index in [4.69, 9.17) is 4.42 Å². The number of aromatic nitrogens is 2. The smallest absolute Gasteiger partial charge is 0.284 e. The number of halogens is 2. The molecule has 1 aromatic heterocycles. The molecule has 0 saturated heterocycles. The molecular formula is C8H4BrFN2OS. The Morgan fingerprint density at radius 2 is 2.29 bits per heavy atom. The van der Waals surface area contributed by atoms with Crippen LogP contribution in [0.25, 0.3) is 11.5 Å². The van der Waals surface area contributed by atoms with Crippen LogP contribution in [0.2, 0.25) is 0 Å². The van der Waals surface area contributed by atoms with Crippen molar-refractivity contribution in [3.63, 3.8) is 0 Å². The average Bonchev–Trinajstić information content (AvgIpc) is 2.51. The first kappa shape index (κ1) is 9.54. The van der Waals surface area contributed by atoms with Gasteiger partial charge in [-0.1, -0.05) is 15.9 Å². The summed E-state index contributed by atoms with van der Waals surface area (Å²) in [4.78, 5) is 0.127. The van der Waals surface area contributed by atoms with Crippen molar-refractivity contribution < 1.29 is 8.81 Å². The highest BCUT2D eigenvalue weighted by atomic mass is 79.9. The molecule has 1 aromatic carbocycles. The van der Waals surface area contributed by atoms with Gasteiger partial charge < -0.3 is 4.42 Å². The quantitative estimate of drug-likeness (QED) is 0.812. The van der Waals surface area contributed by atoms with Gasteiger partial charge in [0.25, 0.3) is 4.84 Å². The summed E-state index contributed by atoms with van der Waals surface area (Å²) in [7, 11) is 0. The van der Waals surface area contributed by atoms with Crippen LogP contribution >= 0.6 is 28.1 Å². The van der Waals surface area contributed by atoms with Crippen molar-refractivity contribution in [1.29, 1.82) is 0 Å². The molecule has 1 N–H and O–H groups in total. The molecule has 2 aromatic rings. The highest BCUT2D eigenvalue weighted by molar-refractivity contribution is 9.10. The Kier molecular flexibility index (Phi) is 2.47. The van der Waals surface area contributed by atoms with Gasteiger partial charge in [0.2, 0.25) is 5.89 Å². The number of benzene rings is 1. The molecule has 72 valence electrons. The number of rotatable bonds is 1. The zero-order valence-corrected chi connectivity index (χ0v) is 9.15. The van der Waals surface area contributed by atoms with Crippen molar-refractivity contribution in [2.75, 3.05) is 0 Å². The summed E-state index contributed by atoms with van der Waals surface area (Å²) >= 11 is 7.84. The molecule has 0 saturated carbocycles. The summed E-state index contributed by atoms with van der Waals surface area (Å²) in [5.41, 5.74) is 0.278. The van der Waals surface area contributed by atoms with E-state index in [0.717, 1.165) is 0 Å². The Balaban J connectivity index is 2.57. The van der Waals surface area contributed by atoms with Crippen LogP contribution in [0.5, 0.6) is 0 Å². The highest BCUT2D eigenvalue weighted by Crippen LogP contribution is 2.23. The van der Waals surface area contributed by atoms with Crippen LogP contribution in [-0.4, -0.2) is 10.2 Å². The van der Waals surface area contributed by atoms with Crippen LogP contribution in [0.1, 0.15) is 0 Å². The van der Waals surface area contributed by atoms with Gasteiger partial charge in [-0.05, 0) is 30.4 Å². The van der Waals surface area contributed by atoms with Crippen LogP contribution in [0.4, 0.5) is 4.39 Å². The van der Waals surface area contributed by atoms with Crippen LogP contribution in [-0.2, 0) is 0 Å². The van der Waals surface area contributed by atoms with Crippen molar-refractivity contribution in [3.8, 4) is 11.5 Å². The van der Waals surface area contributed by atoms with E-state index in [0.29, 0.717) is 4.47 Å². The maximum absolute atomic E-state index is 13.4. The summed E-state index contributed by atoms with van der Waals surface area (Å²) in [5.74, 6) is -0.260. The van der Waals surface area contributed by atoms with Gasteiger partial charge in [0.05, 0.1) is 5.56 Å². The van der Waals surface area contributed by atoms with E-state index in [1.165, 1.54) is 6.07 Å². The largest absolute Gasteiger partial charge is 0.409 e. The summed E-state index contributed by atoms with van der Waals surface area (Å²) in [6.07, 6.45) is 0. The fourth-order valence-corrected chi connectivity index (χ4v) is 1.47. The van der Waals surface area contributed by atoms with E-state index >= 15 is 0 Å². The maximum atomic E-state index is 13.4. The molecule has 2 rings (SSSR count). The van der Waals surface area contributed by atoms with Gasteiger partial charge in [0.1, 0.15) is 5.82 Å². The van der Waals surface area contributed by atoms with Gasteiger partial charge in [0.15, 0.2) is 0 Å². The second kappa shape index (κ2) is 3.62. The third-order valence-corrected chi connectivity index (χ3v) is 2.27. The number of hydrogen-bond donors (Lipinski definition) is 1. The number of nitrogens with one attached hydrogen (secondary N) is 1. The Morgan fingerprint density at radius 1 is 1.50 bits per heavy atom. The van der Waals surface area contributed by atoms with Crippen molar-refractivity contribution in [3.05, 3.63) is 33.3 Å². The van der Waals surface area contributed by atoms with Gasteiger partial charge in [-0.3, -0.25) is 0 Å². The molecule has 3 nitrogen and oxygen atoms in total. The van der Waals surface area contributed by atoms with Gasteiger partial charge >= 0.3 is 0 Å². The second-order valence-corrected chi connectivity index (χ2v) is 3.83. The van der Waals surface area contributed by atoms with E-state index in [2.05, 4.69) is 38.3 Å². The summed E-state index contributed by atoms with van der Waals surface area (Å²) < 4.78 is 19.0. The molecule has 0 spiro atoms. The van der Waals surface area contributed by atoms with E-state index in [1.54, 1.807) is 12.1 Å². The Morgan fingerprint density at radius 3 is 2.86 bits per heavy atom. The lowest BCUT2D eigenvalue weighted by Gasteiger charge is -1.97. The molecule has 0 atom stereocenters. The van der Waals surface area contributed by atoms with E-state index in [1.807, 2.05) is 0 Å². The minimum Gasteiger partial charge on any atom is -0.409 e. The van der Waals surface area contributed by atoms with Crippen molar-refractivity contribution in [2.24, 2.45) is 0 Å². The first-order valence-corrected chi connectivity index (χ1v) is 4.88. The molecule has 1 heterocycles. The summed E-state index contributed by atoms with van der Waals surface area (Å²) in [6.45, 7) is 0. The number of hydrogen-bond acceptors (Lipinski definition) is 3. The molecule has 0 radical (unpaired) electrons. The van der Waals surface area contributed by atoms with Gasteiger partial charge in [-0.25, -0.2) is 9.49 Å². The molecule has 0 aliphatic carbocycles. The van der Waals surface area contributed by atoms with Crippen LogP contribution < -0.4 is 0 Å². The van der Waals surface area contributed by atoms with Crippen molar-refractivity contribution in [2.45, 2.75) is 0 Å². The Hall–Kier alpha value is -1.01. The fraction of sp³-hybridized carbons (Fsp3) is 0. The van der Waals surface area contributed by atoms with Gasteiger partial charge in [-0.2, -0.15) is 0 Å². The molecule has 0 aliphatic rings. The van der Waals surface area contributed by atoms with Crippen LogP contribution in [0, 0.1) is 10.7 Å². The third kappa shape index (κ3) is 1.76. The highest BCUT2D eigenvalue weighted by Gasteiger charge is 2.09. The topological polar surface area (TPSA) is 41.8 Å². The molecule has 0 amide bonds. The molecule has 6 heteroatoms. The van der Waals surface area contributed by atoms with E-state index in [-0.39, 0.29) is 16.3 Å². The molecular weight excluding hydrogens is 271 g/mol. The third-order valence-electron chi connectivity index (χ3n) is 1.60. The standard InChI is InChI=1S/C8H4BrFN2OS/c9-4-1-2-5(6(10)3-4)7-11-12-8(14)13-7/h1-3H,(H,12,14). The summed E-state index contributed by atoms with van der Waals surface area (Å²) in [5, 5.41) is 6.15. The van der Waals surface area contributed by atoms with Crippen LogP contribution in [0.15, 0.2) is 27.1 Å². The Labute approximate surface area is 92.1 Å². The lowest BCUT2D eigenvalue weighted by molar-refractivity contribution is 0.543. The average molecular weight is 275 g/mol. The predicted molar refractivity (Wildman–Crippen MR) is 54.8 cm³/mol. The monoisotopic (exact) mass is 274 g/mol. The molecule has 14 heavy (non-hydrogen) atoms. The number of aromatic amines is 1. The summed E-state index contributed by atoms with van der Waals surface area (Å²) in [6, 6.07) is 4.60. The molecule has 0 bridgehead atoms. The molecule has 0 aliphatic heterocycles. The minimum absolute atomic E-state index is 0.127. The second-order valence-electron chi connectivity index (χ2n) is 2.54. The number of nitrogens with zero attached hydrogens (tertiary/aromatic N) is 1. The van der Waals surface area contributed by atoms with Crippen molar-refractivity contribution in [1.82, 2.24) is 10.2 Å². The molecule has 0 fully saturated rings. The van der Waals surface area contributed by atoms with Gasteiger partial charge in [-0.15, -0.1) is 5.10 Å². The van der Waals surface area contributed by atoms with E-state index < -0.39 is 5.82 Å². The normalized spacial score (nSPS) is 10.4. The van der Waals surface area contributed by atoms with Crippen molar-refractivity contribution >= 4 is 28.1 Å². The number of H-pyrrole nitrogens is 1.